The van der Waals surface area contributed by atoms with Crippen LogP contribution in [0, 0.1) is 24.2 Å². The third kappa shape index (κ3) is 5.96. The molecule has 0 saturated carbocycles. The summed E-state index contributed by atoms with van der Waals surface area (Å²) in [5.41, 5.74) is 0. The monoisotopic (exact) mass is 508 g/mol. The fourth-order valence-corrected chi connectivity index (χ4v) is 7.72. The lowest BCUT2D eigenvalue weighted by atomic mass is 10.2. The molecule has 0 aliphatic heterocycles. The highest BCUT2D eigenvalue weighted by Gasteiger charge is 2.44. The van der Waals surface area contributed by atoms with Gasteiger partial charge < -0.3 is 24.0 Å². The van der Waals surface area contributed by atoms with Gasteiger partial charge in [-0.25, -0.2) is 0 Å². The fraction of sp³-hybridized carbons (Fsp3) is 0.185. The van der Waals surface area contributed by atoms with E-state index >= 15 is 0 Å². The lowest BCUT2D eigenvalue weighted by Crippen LogP contribution is -3.00. The Morgan fingerprint density at radius 1 is 0.586 bits per heavy atom. The van der Waals surface area contributed by atoms with E-state index in [1.165, 1.54) is 15.9 Å². The van der Waals surface area contributed by atoms with Crippen molar-refractivity contribution in [3.8, 4) is 24.2 Å². The number of benzene rings is 3. The van der Waals surface area contributed by atoms with Crippen LogP contribution in [0.4, 0.5) is 0 Å². The van der Waals surface area contributed by atoms with E-state index in [1.807, 2.05) is 0 Å². The van der Waals surface area contributed by atoms with Gasteiger partial charge in [-0.1, -0.05) is 60.5 Å². The average molecular weight is 508 g/mol. The zero-order chi connectivity index (χ0) is 19.5. The van der Waals surface area contributed by atoms with Crippen molar-refractivity contribution in [1.29, 1.82) is 0 Å². The van der Waals surface area contributed by atoms with Gasteiger partial charge in [0.1, 0.15) is 23.2 Å². The van der Waals surface area contributed by atoms with Crippen LogP contribution in [0.25, 0.3) is 0 Å². The number of rotatable bonds is 7. The molecule has 0 N–H and O–H groups in total. The molecule has 146 valence electrons. The molecule has 0 amide bonds. The lowest BCUT2D eigenvalue weighted by molar-refractivity contribution is -0.00000547. The van der Waals surface area contributed by atoms with E-state index in [2.05, 4.69) is 109 Å². The number of hydrogen-bond acceptors (Lipinski definition) is 0. The van der Waals surface area contributed by atoms with E-state index in [0.29, 0.717) is 0 Å². The summed E-state index contributed by atoms with van der Waals surface area (Å²) in [6, 6.07) is 32.9. The van der Waals surface area contributed by atoms with Crippen LogP contribution in [0.15, 0.2) is 91.0 Å². The van der Waals surface area contributed by atoms with Gasteiger partial charge in [-0.15, -0.1) is 18.3 Å². The fourth-order valence-electron chi connectivity index (χ4n) is 3.56. The Morgan fingerprint density at radius 3 is 1.41 bits per heavy atom. The van der Waals surface area contributed by atoms with Crippen LogP contribution in [0.2, 0.25) is 0 Å². The molecule has 0 aromatic heterocycles. The predicted molar refractivity (Wildman–Crippen MR) is 125 cm³/mol. The summed E-state index contributed by atoms with van der Waals surface area (Å²) in [6.07, 6.45) is 9.95. The minimum Gasteiger partial charge on any atom is -1.00 e. The van der Waals surface area contributed by atoms with Crippen LogP contribution < -0.4 is 39.9 Å². The highest BCUT2D eigenvalue weighted by Crippen LogP contribution is 2.55. The molecular weight excluding hydrogens is 482 g/mol. The lowest BCUT2D eigenvalue weighted by Gasteiger charge is -2.27. The van der Waals surface area contributed by atoms with Crippen molar-refractivity contribution in [3.63, 3.8) is 0 Å². The molecule has 3 rings (SSSR count). The van der Waals surface area contributed by atoms with Crippen molar-refractivity contribution in [3.05, 3.63) is 91.0 Å². The topological polar surface area (TPSA) is 0 Å². The number of halogens is 1. The van der Waals surface area contributed by atoms with E-state index in [-0.39, 0.29) is 24.0 Å². The van der Waals surface area contributed by atoms with Gasteiger partial charge in [0.05, 0.1) is 6.16 Å². The summed E-state index contributed by atoms with van der Waals surface area (Å²) < 4.78 is 0. The molecule has 29 heavy (non-hydrogen) atoms. The largest absolute Gasteiger partial charge is 1.00 e. The summed E-state index contributed by atoms with van der Waals surface area (Å²) in [4.78, 5) is 0. The normalized spacial score (nSPS) is 10.2. The van der Waals surface area contributed by atoms with Crippen molar-refractivity contribution in [1.82, 2.24) is 0 Å². The number of terminal acetylenes is 1. The van der Waals surface area contributed by atoms with E-state index in [4.69, 9.17) is 6.42 Å². The first-order chi connectivity index (χ1) is 13.9. The van der Waals surface area contributed by atoms with Crippen LogP contribution in [-0.4, -0.2) is 6.16 Å². The Bertz CT molecular complexity index is 851. The van der Waals surface area contributed by atoms with Gasteiger partial charge in [0.2, 0.25) is 0 Å². The first-order valence-electron chi connectivity index (χ1n) is 9.82. The van der Waals surface area contributed by atoms with Crippen molar-refractivity contribution >= 4 is 23.2 Å². The zero-order valence-electron chi connectivity index (χ0n) is 16.6. The first-order valence-corrected chi connectivity index (χ1v) is 11.8. The van der Waals surface area contributed by atoms with Crippen molar-refractivity contribution in [2.45, 2.75) is 25.7 Å². The molecule has 0 atom stereocenters. The summed E-state index contributed by atoms with van der Waals surface area (Å²) in [7, 11) is -1.75. The van der Waals surface area contributed by atoms with Gasteiger partial charge in [0.25, 0.3) is 0 Å². The maximum absolute atomic E-state index is 5.33. The van der Waals surface area contributed by atoms with E-state index in [0.717, 1.165) is 31.8 Å². The molecular formula is C27H26IP. The summed E-state index contributed by atoms with van der Waals surface area (Å²) in [5.74, 6) is 9.42. The van der Waals surface area contributed by atoms with E-state index in [9.17, 15) is 0 Å². The number of unbranched alkanes of at least 4 members (excludes halogenated alkanes) is 2. The molecule has 0 radical (unpaired) electrons. The van der Waals surface area contributed by atoms with Gasteiger partial charge in [-0.3, -0.25) is 0 Å². The summed E-state index contributed by atoms with van der Waals surface area (Å²) in [5, 5.41) is 4.25. The van der Waals surface area contributed by atoms with Crippen LogP contribution in [0.1, 0.15) is 25.7 Å². The van der Waals surface area contributed by atoms with Gasteiger partial charge in [0, 0.05) is 19.3 Å². The maximum atomic E-state index is 5.33. The molecule has 0 nitrogen and oxygen atoms in total. The number of hydrogen-bond donors (Lipinski definition) is 0. The minimum absolute atomic E-state index is 0. The smallest absolute Gasteiger partial charge is 0.113 e. The maximum Gasteiger partial charge on any atom is 0.113 e. The molecule has 0 heterocycles. The molecule has 0 fully saturated rings. The average Bonchev–Trinajstić information content (AvgIpc) is 2.78. The Morgan fingerprint density at radius 2 is 1.00 bits per heavy atom. The summed E-state index contributed by atoms with van der Waals surface area (Å²) >= 11 is 0. The van der Waals surface area contributed by atoms with Gasteiger partial charge in [0.15, 0.2) is 0 Å². The third-order valence-corrected chi connectivity index (χ3v) is 9.34. The minimum atomic E-state index is -1.75. The second-order valence-electron chi connectivity index (χ2n) is 6.70. The Kier molecular flexibility index (Phi) is 10.0. The Balaban J connectivity index is 0.00000300. The molecule has 3 aromatic carbocycles. The van der Waals surface area contributed by atoms with E-state index < -0.39 is 7.26 Å². The van der Waals surface area contributed by atoms with Gasteiger partial charge in [-0.2, -0.15) is 0 Å². The zero-order valence-corrected chi connectivity index (χ0v) is 19.7. The molecule has 2 heteroatoms. The highest BCUT2D eigenvalue weighted by atomic mass is 127. The third-order valence-electron chi connectivity index (χ3n) is 4.91. The quantitative estimate of drug-likeness (QED) is 0.199. The molecule has 0 spiro atoms. The van der Waals surface area contributed by atoms with Crippen molar-refractivity contribution in [2.75, 3.05) is 6.16 Å². The molecule has 0 aliphatic rings. The van der Waals surface area contributed by atoms with Gasteiger partial charge in [-0.05, 0) is 42.8 Å². The standard InChI is InChI=1S/C27H26P.HI/c1-2-3-4-5-6-7-17-24-28(25-18-11-8-12-19-25,26-20-13-9-14-21-26)27-22-15-10-16-23-27;/h1,8-16,18-23H,3-5,17,24H2;1H/q+1;/p-1. The van der Waals surface area contributed by atoms with E-state index in [1.54, 1.807) is 0 Å². The molecule has 0 unspecified atom stereocenters. The first kappa shape index (κ1) is 23.2. The van der Waals surface area contributed by atoms with Gasteiger partial charge >= 0.3 is 0 Å². The molecule has 0 bridgehead atoms. The van der Waals surface area contributed by atoms with Crippen LogP contribution in [-0.2, 0) is 0 Å². The summed E-state index contributed by atoms with van der Waals surface area (Å²) in [6.45, 7) is 0. The SMILES string of the molecule is C#CCCCC#CCC[P+](c1ccccc1)(c1ccccc1)c1ccccc1.[I-]. The van der Waals surface area contributed by atoms with Crippen molar-refractivity contribution < 1.29 is 24.0 Å². The highest BCUT2D eigenvalue weighted by molar-refractivity contribution is 7.95. The Labute approximate surface area is 193 Å². The second-order valence-corrected chi connectivity index (χ2v) is 10.3. The van der Waals surface area contributed by atoms with Crippen LogP contribution in [0.5, 0.6) is 0 Å². The van der Waals surface area contributed by atoms with Crippen LogP contribution in [0.3, 0.4) is 0 Å². The molecule has 3 aromatic rings. The molecule has 0 saturated heterocycles. The predicted octanol–water partition coefficient (Wildman–Crippen LogP) is 2.18. The Hall–Kier alpha value is -2.06. The second kappa shape index (κ2) is 12.5. The molecule has 0 aliphatic carbocycles. The van der Waals surface area contributed by atoms with Crippen LogP contribution >= 0.6 is 7.26 Å². The van der Waals surface area contributed by atoms with Crippen molar-refractivity contribution in [2.24, 2.45) is 0 Å².